The minimum absolute atomic E-state index is 0.648. The van der Waals surface area contributed by atoms with E-state index in [-0.39, 0.29) is 0 Å². The Bertz CT molecular complexity index is 343. The zero-order valence-corrected chi connectivity index (χ0v) is 11.1. The van der Waals surface area contributed by atoms with Crippen LogP contribution in [0.1, 0.15) is 27.2 Å². The Balaban J connectivity index is 2.62. The molecule has 0 saturated heterocycles. The van der Waals surface area contributed by atoms with Crippen LogP contribution in [0.15, 0.2) is 36.4 Å². The van der Waals surface area contributed by atoms with Crippen LogP contribution in [0.4, 0.5) is 5.69 Å². The second-order valence-corrected chi connectivity index (χ2v) is 3.86. The standard InChI is InChI=1S/C15H23NO/c1-4-7-8-12-17-15-11-9-10-14(13-15)16(5-2)6-3/h7-11,13H,4-6,12H2,1-3H3. The summed E-state index contributed by atoms with van der Waals surface area (Å²) < 4.78 is 5.67. The molecular formula is C15H23NO. The van der Waals surface area contributed by atoms with Crippen molar-refractivity contribution in [1.29, 1.82) is 0 Å². The van der Waals surface area contributed by atoms with Gasteiger partial charge in [-0.05, 0) is 32.4 Å². The van der Waals surface area contributed by atoms with Crippen molar-refractivity contribution in [1.82, 2.24) is 0 Å². The maximum atomic E-state index is 5.67. The number of hydrogen-bond donors (Lipinski definition) is 0. The number of hydrogen-bond acceptors (Lipinski definition) is 2. The highest BCUT2D eigenvalue weighted by Crippen LogP contribution is 2.20. The van der Waals surface area contributed by atoms with Gasteiger partial charge in [-0.15, -0.1) is 0 Å². The maximum absolute atomic E-state index is 5.67. The van der Waals surface area contributed by atoms with Crippen molar-refractivity contribution in [2.24, 2.45) is 0 Å². The normalized spacial score (nSPS) is 10.8. The second kappa shape index (κ2) is 7.77. The van der Waals surface area contributed by atoms with Crippen LogP contribution in [0.5, 0.6) is 5.75 Å². The predicted molar refractivity (Wildman–Crippen MR) is 74.9 cm³/mol. The Morgan fingerprint density at radius 2 is 1.88 bits per heavy atom. The highest BCUT2D eigenvalue weighted by Gasteiger charge is 2.02. The second-order valence-electron chi connectivity index (χ2n) is 3.86. The molecule has 2 nitrogen and oxygen atoms in total. The number of ether oxygens (including phenoxy) is 1. The zero-order chi connectivity index (χ0) is 12.5. The average molecular weight is 233 g/mol. The van der Waals surface area contributed by atoms with E-state index < -0.39 is 0 Å². The molecule has 0 aliphatic heterocycles. The minimum atomic E-state index is 0.648. The monoisotopic (exact) mass is 233 g/mol. The molecule has 0 spiro atoms. The average Bonchev–Trinajstić information content (AvgIpc) is 2.37. The Kier molecular flexibility index (Phi) is 6.23. The molecule has 0 atom stereocenters. The lowest BCUT2D eigenvalue weighted by molar-refractivity contribution is 0.362. The first kappa shape index (κ1) is 13.6. The van der Waals surface area contributed by atoms with Gasteiger partial charge in [0.1, 0.15) is 12.4 Å². The first-order valence-corrected chi connectivity index (χ1v) is 6.44. The van der Waals surface area contributed by atoms with E-state index in [1.807, 2.05) is 12.1 Å². The SMILES string of the molecule is CCC=CCOc1cccc(N(CC)CC)c1. The van der Waals surface area contributed by atoms with Crippen LogP contribution in [0.2, 0.25) is 0 Å². The van der Waals surface area contributed by atoms with Gasteiger partial charge in [0.2, 0.25) is 0 Å². The third-order valence-corrected chi connectivity index (χ3v) is 2.69. The van der Waals surface area contributed by atoms with Gasteiger partial charge in [-0.3, -0.25) is 0 Å². The van der Waals surface area contributed by atoms with Crippen molar-refractivity contribution < 1.29 is 4.74 Å². The molecule has 0 aliphatic carbocycles. The fourth-order valence-corrected chi connectivity index (χ4v) is 1.74. The Hall–Kier alpha value is -1.44. The summed E-state index contributed by atoms with van der Waals surface area (Å²) in [6, 6.07) is 8.29. The highest BCUT2D eigenvalue weighted by molar-refractivity contribution is 5.50. The van der Waals surface area contributed by atoms with E-state index >= 15 is 0 Å². The van der Waals surface area contributed by atoms with E-state index in [0.717, 1.165) is 25.3 Å². The predicted octanol–water partition coefficient (Wildman–Crippen LogP) is 3.88. The van der Waals surface area contributed by atoms with Crippen LogP contribution in [0, 0.1) is 0 Å². The van der Waals surface area contributed by atoms with Crippen molar-refractivity contribution in [3.63, 3.8) is 0 Å². The number of rotatable bonds is 7. The summed E-state index contributed by atoms with van der Waals surface area (Å²) in [7, 11) is 0. The summed E-state index contributed by atoms with van der Waals surface area (Å²) in [5.41, 5.74) is 1.23. The van der Waals surface area contributed by atoms with Gasteiger partial charge in [0.05, 0.1) is 0 Å². The molecule has 0 amide bonds. The first-order valence-electron chi connectivity index (χ1n) is 6.44. The van der Waals surface area contributed by atoms with Crippen LogP contribution >= 0.6 is 0 Å². The van der Waals surface area contributed by atoms with Crippen molar-refractivity contribution in [2.45, 2.75) is 27.2 Å². The van der Waals surface area contributed by atoms with E-state index in [4.69, 9.17) is 4.74 Å². The van der Waals surface area contributed by atoms with Crippen molar-refractivity contribution >= 4 is 5.69 Å². The summed E-state index contributed by atoms with van der Waals surface area (Å²) in [6.07, 6.45) is 5.24. The minimum Gasteiger partial charge on any atom is -0.489 e. The van der Waals surface area contributed by atoms with Crippen LogP contribution < -0.4 is 9.64 Å². The lowest BCUT2D eigenvalue weighted by atomic mass is 10.2. The van der Waals surface area contributed by atoms with Gasteiger partial charge in [-0.2, -0.15) is 0 Å². The molecule has 0 radical (unpaired) electrons. The topological polar surface area (TPSA) is 12.5 Å². The number of nitrogens with zero attached hydrogens (tertiary/aromatic N) is 1. The highest BCUT2D eigenvalue weighted by atomic mass is 16.5. The molecule has 1 aromatic rings. The van der Waals surface area contributed by atoms with E-state index in [9.17, 15) is 0 Å². The molecule has 0 bridgehead atoms. The molecule has 0 N–H and O–H groups in total. The third-order valence-electron chi connectivity index (χ3n) is 2.69. The van der Waals surface area contributed by atoms with Gasteiger partial charge in [0.25, 0.3) is 0 Å². The molecule has 0 saturated carbocycles. The molecule has 0 aliphatic rings. The van der Waals surface area contributed by atoms with Crippen molar-refractivity contribution in [2.75, 3.05) is 24.6 Å². The van der Waals surface area contributed by atoms with Crippen LogP contribution in [0.3, 0.4) is 0 Å². The lowest BCUT2D eigenvalue weighted by Crippen LogP contribution is -2.21. The van der Waals surface area contributed by atoms with E-state index in [2.05, 4.69) is 50.0 Å². The van der Waals surface area contributed by atoms with Gasteiger partial charge < -0.3 is 9.64 Å². The largest absolute Gasteiger partial charge is 0.489 e. The molecule has 0 heterocycles. The van der Waals surface area contributed by atoms with Gasteiger partial charge in [0, 0.05) is 24.8 Å². The molecule has 94 valence electrons. The number of allylic oxidation sites excluding steroid dienone is 1. The summed E-state index contributed by atoms with van der Waals surface area (Å²) in [5.74, 6) is 0.940. The quantitative estimate of drug-likeness (QED) is 0.663. The molecule has 0 fully saturated rings. The van der Waals surface area contributed by atoms with Crippen molar-refractivity contribution in [3.8, 4) is 5.75 Å². The van der Waals surface area contributed by atoms with Crippen molar-refractivity contribution in [3.05, 3.63) is 36.4 Å². The number of benzene rings is 1. The molecule has 17 heavy (non-hydrogen) atoms. The van der Waals surface area contributed by atoms with Gasteiger partial charge >= 0.3 is 0 Å². The molecule has 1 aromatic carbocycles. The van der Waals surface area contributed by atoms with Gasteiger partial charge in [-0.1, -0.05) is 25.1 Å². The smallest absolute Gasteiger partial charge is 0.121 e. The van der Waals surface area contributed by atoms with Crippen LogP contribution in [-0.2, 0) is 0 Å². The van der Waals surface area contributed by atoms with Gasteiger partial charge in [-0.25, -0.2) is 0 Å². The Morgan fingerprint density at radius 1 is 1.12 bits per heavy atom. The van der Waals surface area contributed by atoms with E-state index in [1.165, 1.54) is 5.69 Å². The summed E-state index contributed by atoms with van der Waals surface area (Å²) >= 11 is 0. The molecular weight excluding hydrogens is 210 g/mol. The van der Waals surface area contributed by atoms with E-state index in [0.29, 0.717) is 6.61 Å². The fourth-order valence-electron chi connectivity index (χ4n) is 1.74. The Labute approximate surface area is 105 Å². The summed E-state index contributed by atoms with van der Waals surface area (Å²) in [5, 5.41) is 0. The Morgan fingerprint density at radius 3 is 2.53 bits per heavy atom. The van der Waals surface area contributed by atoms with E-state index in [1.54, 1.807) is 0 Å². The fraction of sp³-hybridized carbons (Fsp3) is 0.467. The lowest BCUT2D eigenvalue weighted by Gasteiger charge is -2.21. The van der Waals surface area contributed by atoms with Gasteiger partial charge in [0.15, 0.2) is 0 Å². The first-order chi connectivity index (χ1) is 8.31. The summed E-state index contributed by atoms with van der Waals surface area (Å²) in [6.45, 7) is 9.15. The number of anilines is 1. The van der Waals surface area contributed by atoms with Crippen LogP contribution in [0.25, 0.3) is 0 Å². The molecule has 1 rings (SSSR count). The zero-order valence-electron chi connectivity index (χ0n) is 11.1. The maximum Gasteiger partial charge on any atom is 0.121 e. The molecule has 0 aromatic heterocycles. The van der Waals surface area contributed by atoms with Crippen LogP contribution in [-0.4, -0.2) is 19.7 Å². The summed E-state index contributed by atoms with van der Waals surface area (Å²) in [4.78, 5) is 2.31. The third kappa shape index (κ3) is 4.51. The molecule has 2 heteroatoms. The molecule has 0 unspecified atom stereocenters.